The number of urea groups is 1. The molecular weight excluding hydrogens is 288 g/mol. The van der Waals surface area contributed by atoms with E-state index in [0.29, 0.717) is 18.0 Å². The van der Waals surface area contributed by atoms with E-state index < -0.39 is 6.03 Å². The van der Waals surface area contributed by atoms with Gasteiger partial charge in [-0.05, 0) is 49.6 Å². The fraction of sp³-hybridized carbons (Fsp3) is 0.316. The number of nitrogens with zero attached hydrogens (tertiary/aromatic N) is 1. The van der Waals surface area contributed by atoms with E-state index in [1.54, 1.807) is 0 Å². The van der Waals surface area contributed by atoms with E-state index >= 15 is 0 Å². The first-order valence-electron chi connectivity index (χ1n) is 7.93. The van der Waals surface area contributed by atoms with Gasteiger partial charge in [-0.25, -0.2) is 4.79 Å². The van der Waals surface area contributed by atoms with Gasteiger partial charge in [-0.2, -0.15) is 0 Å². The Kier molecular flexibility index (Phi) is 5.63. The summed E-state index contributed by atoms with van der Waals surface area (Å²) in [5, 5.41) is 0. The molecule has 0 aliphatic heterocycles. The molecule has 4 heteroatoms. The maximum absolute atomic E-state index is 12.1. The van der Waals surface area contributed by atoms with Gasteiger partial charge < -0.3 is 10.5 Å². The first kappa shape index (κ1) is 16.9. The molecule has 23 heavy (non-hydrogen) atoms. The summed E-state index contributed by atoms with van der Waals surface area (Å²) in [6.45, 7) is 6.69. The van der Waals surface area contributed by atoms with Crippen LogP contribution in [0, 0.1) is 13.8 Å². The Labute approximate surface area is 137 Å². The number of hydrogen-bond donors (Lipinski definition) is 1. The van der Waals surface area contributed by atoms with E-state index in [1.807, 2.05) is 56.3 Å². The summed E-state index contributed by atoms with van der Waals surface area (Å²) in [6, 6.07) is 12.9. The third kappa shape index (κ3) is 4.03. The molecule has 0 aliphatic carbocycles. The number of carbonyl (C=O) groups excluding carboxylic acids is 1. The molecule has 0 atom stereocenters. The molecule has 2 N–H and O–H groups in total. The van der Waals surface area contributed by atoms with Crippen LogP contribution in [0.1, 0.15) is 30.9 Å². The van der Waals surface area contributed by atoms with E-state index in [1.165, 1.54) is 4.90 Å². The quantitative estimate of drug-likeness (QED) is 0.786. The van der Waals surface area contributed by atoms with Gasteiger partial charge in [-0.3, -0.25) is 4.90 Å². The molecule has 0 aliphatic rings. The Morgan fingerprint density at radius 1 is 1.13 bits per heavy atom. The molecular formula is C19H24N2O2. The third-order valence-corrected chi connectivity index (χ3v) is 3.69. The van der Waals surface area contributed by atoms with Crippen molar-refractivity contribution in [2.45, 2.75) is 33.6 Å². The lowest BCUT2D eigenvalue weighted by Gasteiger charge is -2.25. The fourth-order valence-electron chi connectivity index (χ4n) is 2.43. The molecule has 0 bridgehead atoms. The molecule has 0 radical (unpaired) electrons. The molecule has 0 fully saturated rings. The highest BCUT2D eigenvalue weighted by atomic mass is 16.5. The van der Waals surface area contributed by atoms with E-state index in [2.05, 4.69) is 6.92 Å². The van der Waals surface area contributed by atoms with E-state index in [0.717, 1.165) is 29.7 Å². The monoisotopic (exact) mass is 312 g/mol. The van der Waals surface area contributed by atoms with Crippen LogP contribution in [0.2, 0.25) is 0 Å². The summed E-state index contributed by atoms with van der Waals surface area (Å²) in [7, 11) is 0. The zero-order chi connectivity index (χ0) is 16.8. The summed E-state index contributed by atoms with van der Waals surface area (Å²) >= 11 is 0. The van der Waals surface area contributed by atoms with Crippen LogP contribution in [0.3, 0.4) is 0 Å². The first-order valence-corrected chi connectivity index (χ1v) is 7.93. The number of carbonyl (C=O) groups is 1. The van der Waals surface area contributed by atoms with Gasteiger partial charge in [-0.15, -0.1) is 0 Å². The second-order valence-electron chi connectivity index (χ2n) is 5.63. The van der Waals surface area contributed by atoms with Crippen LogP contribution in [0.25, 0.3) is 0 Å². The number of benzene rings is 2. The highest BCUT2D eigenvalue weighted by molar-refractivity contribution is 6.00. The lowest BCUT2D eigenvalue weighted by molar-refractivity contribution is 0.255. The Bertz CT molecular complexity index is 683. The van der Waals surface area contributed by atoms with Crippen molar-refractivity contribution in [3.63, 3.8) is 0 Å². The fourth-order valence-corrected chi connectivity index (χ4v) is 2.43. The number of nitrogens with two attached hydrogens (primary N) is 1. The van der Waals surface area contributed by atoms with Gasteiger partial charge in [0.15, 0.2) is 0 Å². The van der Waals surface area contributed by atoms with Crippen molar-refractivity contribution in [3.8, 4) is 5.75 Å². The molecule has 0 aromatic heterocycles. The van der Waals surface area contributed by atoms with Crippen LogP contribution in [0.15, 0.2) is 42.5 Å². The van der Waals surface area contributed by atoms with Crippen LogP contribution in [-0.2, 0) is 0 Å². The standard InChI is InChI=1S/C19H24N2O2/c1-4-5-12-23-18-13-14(2)10-11-17(18)21(19(20)22)16-9-7-6-8-15(16)3/h6-11,13H,4-5,12H2,1-3H3,(H2,20,22). The van der Waals surface area contributed by atoms with Gasteiger partial charge in [0.2, 0.25) is 0 Å². The summed E-state index contributed by atoms with van der Waals surface area (Å²) in [6.07, 6.45) is 2.02. The zero-order valence-corrected chi connectivity index (χ0v) is 14.0. The maximum atomic E-state index is 12.1. The van der Waals surface area contributed by atoms with Crippen molar-refractivity contribution in [2.24, 2.45) is 5.73 Å². The lowest BCUT2D eigenvalue weighted by atomic mass is 10.1. The van der Waals surface area contributed by atoms with Crippen molar-refractivity contribution < 1.29 is 9.53 Å². The Morgan fingerprint density at radius 3 is 2.52 bits per heavy atom. The zero-order valence-electron chi connectivity index (χ0n) is 14.0. The Morgan fingerprint density at radius 2 is 1.87 bits per heavy atom. The van der Waals surface area contributed by atoms with E-state index in [4.69, 9.17) is 10.5 Å². The third-order valence-electron chi connectivity index (χ3n) is 3.69. The largest absolute Gasteiger partial charge is 0.491 e. The molecule has 2 amide bonds. The molecule has 2 aromatic carbocycles. The normalized spacial score (nSPS) is 10.4. The van der Waals surface area contributed by atoms with Crippen molar-refractivity contribution in [3.05, 3.63) is 53.6 Å². The predicted molar refractivity (Wildman–Crippen MR) is 94.5 cm³/mol. The highest BCUT2D eigenvalue weighted by Crippen LogP contribution is 2.36. The van der Waals surface area contributed by atoms with Crippen LogP contribution >= 0.6 is 0 Å². The number of para-hydroxylation sites is 1. The smallest absolute Gasteiger partial charge is 0.324 e. The molecule has 2 aromatic rings. The molecule has 0 saturated carbocycles. The van der Waals surface area contributed by atoms with Crippen LogP contribution in [0.4, 0.5) is 16.2 Å². The summed E-state index contributed by atoms with van der Waals surface area (Å²) in [5.41, 5.74) is 9.16. The van der Waals surface area contributed by atoms with Gasteiger partial charge in [0.1, 0.15) is 5.75 Å². The van der Waals surface area contributed by atoms with E-state index in [9.17, 15) is 4.79 Å². The van der Waals surface area contributed by atoms with Crippen LogP contribution < -0.4 is 15.4 Å². The topological polar surface area (TPSA) is 55.6 Å². The second kappa shape index (κ2) is 7.68. The number of rotatable bonds is 6. The molecule has 0 heterocycles. The van der Waals surface area contributed by atoms with Gasteiger partial charge in [0, 0.05) is 0 Å². The first-order chi connectivity index (χ1) is 11.0. The summed E-state index contributed by atoms with van der Waals surface area (Å²) in [4.78, 5) is 13.6. The average molecular weight is 312 g/mol. The van der Waals surface area contributed by atoms with Crippen molar-refractivity contribution >= 4 is 17.4 Å². The summed E-state index contributed by atoms with van der Waals surface area (Å²) < 4.78 is 5.90. The van der Waals surface area contributed by atoms with Gasteiger partial charge in [-0.1, -0.05) is 37.6 Å². The number of amides is 2. The molecule has 0 saturated heterocycles. The number of ether oxygens (including phenoxy) is 1. The van der Waals surface area contributed by atoms with Crippen LogP contribution in [-0.4, -0.2) is 12.6 Å². The minimum absolute atomic E-state index is 0.525. The number of anilines is 2. The summed E-state index contributed by atoms with van der Waals surface area (Å²) in [5.74, 6) is 0.681. The van der Waals surface area contributed by atoms with Crippen LogP contribution in [0.5, 0.6) is 5.75 Å². The number of hydrogen-bond acceptors (Lipinski definition) is 2. The second-order valence-corrected chi connectivity index (χ2v) is 5.63. The molecule has 2 rings (SSSR count). The minimum atomic E-state index is -0.525. The van der Waals surface area contributed by atoms with Crippen molar-refractivity contribution in [2.75, 3.05) is 11.5 Å². The van der Waals surface area contributed by atoms with Gasteiger partial charge >= 0.3 is 6.03 Å². The molecule has 122 valence electrons. The predicted octanol–water partition coefficient (Wildman–Crippen LogP) is 4.70. The Balaban J connectivity index is 2.47. The lowest BCUT2D eigenvalue weighted by Crippen LogP contribution is -2.32. The number of aryl methyl sites for hydroxylation is 2. The molecule has 0 unspecified atom stereocenters. The maximum Gasteiger partial charge on any atom is 0.324 e. The SMILES string of the molecule is CCCCOc1cc(C)ccc1N(C(N)=O)c1ccccc1C. The minimum Gasteiger partial charge on any atom is -0.491 e. The molecule has 0 spiro atoms. The van der Waals surface area contributed by atoms with Crippen molar-refractivity contribution in [1.29, 1.82) is 0 Å². The number of primary amides is 1. The molecule has 4 nitrogen and oxygen atoms in total. The number of unbranched alkanes of at least 4 members (excludes halogenated alkanes) is 1. The van der Waals surface area contributed by atoms with Gasteiger partial charge in [0.05, 0.1) is 18.0 Å². The van der Waals surface area contributed by atoms with Gasteiger partial charge in [0.25, 0.3) is 0 Å². The average Bonchev–Trinajstić information content (AvgIpc) is 2.51. The highest BCUT2D eigenvalue weighted by Gasteiger charge is 2.20. The van der Waals surface area contributed by atoms with E-state index in [-0.39, 0.29) is 0 Å². The van der Waals surface area contributed by atoms with Crippen molar-refractivity contribution in [1.82, 2.24) is 0 Å². The Hall–Kier alpha value is -2.49.